The Labute approximate surface area is 97.8 Å². The maximum atomic E-state index is 12.1. The van der Waals surface area contributed by atoms with E-state index >= 15 is 0 Å². The predicted molar refractivity (Wildman–Crippen MR) is 64.4 cm³/mol. The van der Waals surface area contributed by atoms with Crippen LogP contribution in [0.4, 0.5) is 4.79 Å². The lowest BCUT2D eigenvalue weighted by Gasteiger charge is -2.35. The van der Waals surface area contributed by atoms with Gasteiger partial charge < -0.3 is 15.5 Å². The van der Waals surface area contributed by atoms with Gasteiger partial charge in [-0.1, -0.05) is 19.3 Å². The number of hydrogen-bond acceptors (Lipinski definition) is 2. The highest BCUT2D eigenvalue weighted by Crippen LogP contribution is 2.17. The van der Waals surface area contributed by atoms with Crippen molar-refractivity contribution in [1.82, 2.24) is 15.5 Å². The van der Waals surface area contributed by atoms with Gasteiger partial charge in [0.1, 0.15) is 0 Å². The SMILES string of the molecule is C[C@H]1CNCCN1C(=O)NC1CCCCC1. The summed E-state index contributed by atoms with van der Waals surface area (Å²) >= 11 is 0. The second-order valence-corrected chi connectivity index (χ2v) is 5.03. The number of urea groups is 1. The smallest absolute Gasteiger partial charge is 0.317 e. The molecule has 0 radical (unpaired) electrons. The van der Waals surface area contributed by atoms with Crippen molar-refractivity contribution in [3.05, 3.63) is 0 Å². The predicted octanol–water partition coefficient (Wildman–Crippen LogP) is 1.32. The van der Waals surface area contributed by atoms with Gasteiger partial charge in [0.15, 0.2) is 0 Å². The fourth-order valence-electron chi connectivity index (χ4n) is 2.65. The Morgan fingerprint density at radius 2 is 2.06 bits per heavy atom. The van der Waals surface area contributed by atoms with Gasteiger partial charge in [0.2, 0.25) is 0 Å². The van der Waals surface area contributed by atoms with Crippen LogP contribution >= 0.6 is 0 Å². The first-order valence-electron chi connectivity index (χ1n) is 6.55. The molecular weight excluding hydrogens is 202 g/mol. The highest BCUT2D eigenvalue weighted by molar-refractivity contribution is 5.75. The summed E-state index contributed by atoms with van der Waals surface area (Å²) in [6, 6.07) is 0.876. The van der Waals surface area contributed by atoms with Gasteiger partial charge in [0.25, 0.3) is 0 Å². The van der Waals surface area contributed by atoms with Gasteiger partial charge >= 0.3 is 6.03 Å². The van der Waals surface area contributed by atoms with Crippen molar-refractivity contribution in [2.24, 2.45) is 0 Å². The van der Waals surface area contributed by atoms with E-state index in [4.69, 9.17) is 0 Å². The van der Waals surface area contributed by atoms with Crippen LogP contribution in [0.25, 0.3) is 0 Å². The van der Waals surface area contributed by atoms with Crippen LogP contribution in [-0.4, -0.2) is 42.6 Å². The maximum Gasteiger partial charge on any atom is 0.317 e. The number of amides is 2. The van der Waals surface area contributed by atoms with Gasteiger partial charge in [-0.2, -0.15) is 0 Å². The third kappa shape index (κ3) is 2.88. The van der Waals surface area contributed by atoms with Crippen LogP contribution in [-0.2, 0) is 0 Å². The molecule has 1 saturated heterocycles. The highest BCUT2D eigenvalue weighted by atomic mass is 16.2. The number of carbonyl (C=O) groups is 1. The molecule has 0 aromatic carbocycles. The summed E-state index contributed by atoms with van der Waals surface area (Å²) in [7, 11) is 0. The van der Waals surface area contributed by atoms with E-state index < -0.39 is 0 Å². The molecule has 4 heteroatoms. The zero-order valence-corrected chi connectivity index (χ0v) is 10.2. The molecule has 0 spiro atoms. The molecule has 16 heavy (non-hydrogen) atoms. The molecule has 1 aliphatic carbocycles. The van der Waals surface area contributed by atoms with Crippen LogP contribution in [0.15, 0.2) is 0 Å². The summed E-state index contributed by atoms with van der Waals surface area (Å²) in [6.07, 6.45) is 6.18. The van der Waals surface area contributed by atoms with E-state index in [0.29, 0.717) is 12.1 Å². The number of nitrogens with one attached hydrogen (secondary N) is 2. The number of hydrogen-bond donors (Lipinski definition) is 2. The van der Waals surface area contributed by atoms with Crippen molar-refractivity contribution in [2.45, 2.75) is 51.1 Å². The summed E-state index contributed by atoms with van der Waals surface area (Å²) in [4.78, 5) is 14.0. The van der Waals surface area contributed by atoms with Crippen LogP contribution in [0.1, 0.15) is 39.0 Å². The second kappa shape index (κ2) is 5.53. The highest BCUT2D eigenvalue weighted by Gasteiger charge is 2.25. The molecule has 1 saturated carbocycles. The average molecular weight is 225 g/mol. The van der Waals surface area contributed by atoms with Crippen LogP contribution in [0.5, 0.6) is 0 Å². The minimum absolute atomic E-state index is 0.140. The van der Waals surface area contributed by atoms with Crippen LogP contribution in [0, 0.1) is 0 Å². The van der Waals surface area contributed by atoms with Crippen LogP contribution < -0.4 is 10.6 Å². The molecule has 4 nitrogen and oxygen atoms in total. The lowest BCUT2D eigenvalue weighted by Crippen LogP contribution is -2.56. The van der Waals surface area contributed by atoms with Crippen LogP contribution in [0.3, 0.4) is 0 Å². The molecule has 0 bridgehead atoms. The van der Waals surface area contributed by atoms with Gasteiger partial charge in [0.05, 0.1) is 0 Å². The number of piperazine rings is 1. The number of nitrogens with zero attached hydrogens (tertiary/aromatic N) is 1. The van der Waals surface area contributed by atoms with Gasteiger partial charge in [-0.15, -0.1) is 0 Å². The topological polar surface area (TPSA) is 44.4 Å². The fraction of sp³-hybridized carbons (Fsp3) is 0.917. The first-order valence-corrected chi connectivity index (χ1v) is 6.55. The van der Waals surface area contributed by atoms with E-state index in [9.17, 15) is 4.79 Å². The van der Waals surface area contributed by atoms with Crippen molar-refractivity contribution in [2.75, 3.05) is 19.6 Å². The van der Waals surface area contributed by atoms with Crippen molar-refractivity contribution >= 4 is 6.03 Å². The quantitative estimate of drug-likeness (QED) is 0.707. The summed E-state index contributed by atoms with van der Waals surface area (Å²) in [5.74, 6) is 0. The molecule has 2 aliphatic rings. The largest absolute Gasteiger partial charge is 0.335 e. The van der Waals surface area contributed by atoms with E-state index in [-0.39, 0.29) is 6.03 Å². The molecule has 0 aromatic heterocycles. The molecular formula is C12H23N3O. The average Bonchev–Trinajstić information content (AvgIpc) is 2.31. The Balaban J connectivity index is 1.81. The van der Waals surface area contributed by atoms with Gasteiger partial charge in [-0.05, 0) is 19.8 Å². The van der Waals surface area contributed by atoms with E-state index in [1.165, 1.54) is 19.3 Å². The van der Waals surface area contributed by atoms with E-state index in [2.05, 4.69) is 17.6 Å². The monoisotopic (exact) mass is 225 g/mol. The summed E-state index contributed by atoms with van der Waals surface area (Å²) in [6.45, 7) is 4.77. The molecule has 92 valence electrons. The molecule has 0 aromatic rings. The first kappa shape index (κ1) is 11.7. The molecule has 1 aliphatic heterocycles. The third-order valence-corrected chi connectivity index (χ3v) is 3.69. The number of rotatable bonds is 1. The lowest BCUT2D eigenvalue weighted by molar-refractivity contribution is 0.158. The zero-order valence-electron chi connectivity index (χ0n) is 10.2. The Kier molecular flexibility index (Phi) is 4.04. The second-order valence-electron chi connectivity index (χ2n) is 5.03. The molecule has 0 unspecified atom stereocenters. The van der Waals surface area contributed by atoms with Crippen molar-refractivity contribution in [1.29, 1.82) is 0 Å². The van der Waals surface area contributed by atoms with Crippen molar-refractivity contribution in [3.63, 3.8) is 0 Å². The molecule has 2 amide bonds. The molecule has 2 N–H and O–H groups in total. The van der Waals surface area contributed by atoms with E-state index in [0.717, 1.165) is 32.5 Å². The van der Waals surface area contributed by atoms with Crippen LogP contribution in [0.2, 0.25) is 0 Å². The van der Waals surface area contributed by atoms with E-state index in [1.54, 1.807) is 0 Å². The minimum atomic E-state index is 0.140. The lowest BCUT2D eigenvalue weighted by atomic mass is 9.96. The summed E-state index contributed by atoms with van der Waals surface area (Å²) < 4.78 is 0. The normalized spacial score (nSPS) is 27.8. The van der Waals surface area contributed by atoms with Gasteiger partial charge in [-0.25, -0.2) is 4.79 Å². The third-order valence-electron chi connectivity index (χ3n) is 3.69. The molecule has 1 atom stereocenters. The first-order chi connectivity index (χ1) is 7.77. The van der Waals surface area contributed by atoms with Gasteiger partial charge in [-0.3, -0.25) is 0 Å². The minimum Gasteiger partial charge on any atom is -0.335 e. The van der Waals surface area contributed by atoms with Gasteiger partial charge in [0, 0.05) is 31.7 Å². The van der Waals surface area contributed by atoms with E-state index in [1.807, 2.05) is 4.90 Å². The summed E-state index contributed by atoms with van der Waals surface area (Å²) in [5.41, 5.74) is 0. The Morgan fingerprint density at radius 3 is 2.75 bits per heavy atom. The molecule has 2 rings (SSSR count). The molecule has 1 heterocycles. The molecule has 2 fully saturated rings. The van der Waals surface area contributed by atoms with Crippen molar-refractivity contribution < 1.29 is 4.79 Å². The Hall–Kier alpha value is -0.770. The maximum absolute atomic E-state index is 12.1. The Morgan fingerprint density at radius 1 is 1.31 bits per heavy atom. The fourth-order valence-corrected chi connectivity index (χ4v) is 2.65. The summed E-state index contributed by atoms with van der Waals surface area (Å²) in [5, 5.41) is 6.48. The van der Waals surface area contributed by atoms with Crippen molar-refractivity contribution in [3.8, 4) is 0 Å². The number of carbonyl (C=O) groups excluding carboxylic acids is 1. The standard InChI is InChI=1S/C12H23N3O/c1-10-9-13-7-8-15(10)12(16)14-11-5-3-2-4-6-11/h10-11,13H,2-9H2,1H3,(H,14,16)/t10-/m0/s1. The Bertz CT molecular complexity index is 238. The zero-order chi connectivity index (χ0) is 11.4.